The molecule has 1 saturated heterocycles. The van der Waals surface area contributed by atoms with E-state index in [1.54, 1.807) is 11.1 Å². The van der Waals surface area contributed by atoms with Crippen LogP contribution in [0.25, 0.3) is 0 Å². The summed E-state index contributed by atoms with van der Waals surface area (Å²) >= 11 is 0. The van der Waals surface area contributed by atoms with Gasteiger partial charge in [0.05, 0.1) is 25.1 Å². The smallest absolute Gasteiger partial charge is 0.274 e. The van der Waals surface area contributed by atoms with Gasteiger partial charge in [-0.05, 0) is 19.8 Å². The van der Waals surface area contributed by atoms with Crippen LogP contribution in [-0.4, -0.2) is 84.1 Å². The van der Waals surface area contributed by atoms with Crippen molar-refractivity contribution in [2.24, 2.45) is 0 Å². The van der Waals surface area contributed by atoms with Crippen LogP contribution in [0.3, 0.4) is 0 Å². The summed E-state index contributed by atoms with van der Waals surface area (Å²) in [6.07, 6.45) is 5.13. The highest BCUT2D eigenvalue weighted by Gasteiger charge is 2.19. The van der Waals surface area contributed by atoms with Gasteiger partial charge in [0.2, 0.25) is 5.91 Å². The van der Waals surface area contributed by atoms with Gasteiger partial charge in [-0.2, -0.15) is 0 Å². The van der Waals surface area contributed by atoms with E-state index in [1.165, 1.54) is 6.20 Å². The van der Waals surface area contributed by atoms with Gasteiger partial charge in [-0.15, -0.1) is 0 Å². The Morgan fingerprint density at radius 3 is 2.67 bits per heavy atom. The first-order valence-electron chi connectivity index (χ1n) is 9.75. The molecule has 27 heavy (non-hydrogen) atoms. The fourth-order valence-corrected chi connectivity index (χ4v) is 2.88. The van der Waals surface area contributed by atoms with Gasteiger partial charge in [0.1, 0.15) is 5.69 Å². The molecule has 0 unspecified atom stereocenters. The third-order valence-corrected chi connectivity index (χ3v) is 4.47. The lowest BCUT2D eigenvalue weighted by molar-refractivity contribution is -0.121. The molecule has 0 spiro atoms. The van der Waals surface area contributed by atoms with E-state index in [-0.39, 0.29) is 11.8 Å². The van der Waals surface area contributed by atoms with Gasteiger partial charge in [0, 0.05) is 51.9 Å². The molecule has 1 fully saturated rings. The fraction of sp³-hybridized carbons (Fsp3) is 0.684. The average Bonchev–Trinajstić information content (AvgIpc) is 2.69. The van der Waals surface area contributed by atoms with E-state index in [0.717, 1.165) is 51.4 Å². The van der Waals surface area contributed by atoms with Crippen LogP contribution in [0, 0.1) is 6.92 Å². The molecule has 0 bridgehead atoms. The number of carbonyl (C=O) groups is 2. The molecule has 150 valence electrons. The number of aryl methyl sites for hydroxylation is 1. The predicted octanol–water partition coefficient (Wildman–Crippen LogP) is 0.866. The summed E-state index contributed by atoms with van der Waals surface area (Å²) in [7, 11) is 0. The summed E-state index contributed by atoms with van der Waals surface area (Å²) in [5.74, 6) is -0.203. The number of hydrogen-bond acceptors (Lipinski definition) is 6. The van der Waals surface area contributed by atoms with Crippen molar-refractivity contribution < 1.29 is 14.3 Å². The second-order valence-corrected chi connectivity index (χ2v) is 6.74. The van der Waals surface area contributed by atoms with Crippen LogP contribution >= 0.6 is 0 Å². The topological polar surface area (TPSA) is 87.7 Å². The van der Waals surface area contributed by atoms with E-state index in [9.17, 15) is 9.59 Å². The highest BCUT2D eigenvalue weighted by molar-refractivity contribution is 5.92. The van der Waals surface area contributed by atoms with Crippen molar-refractivity contribution in [1.29, 1.82) is 0 Å². The van der Waals surface area contributed by atoms with E-state index in [0.29, 0.717) is 31.7 Å². The normalized spacial score (nSPS) is 14.7. The maximum absolute atomic E-state index is 12.8. The molecule has 1 N–H and O–H groups in total. The van der Waals surface area contributed by atoms with Crippen LogP contribution in [-0.2, 0) is 9.53 Å². The molecule has 1 aliphatic rings. The lowest BCUT2D eigenvalue weighted by Gasteiger charge is -2.28. The van der Waals surface area contributed by atoms with Crippen LogP contribution in [0.1, 0.15) is 42.4 Å². The van der Waals surface area contributed by atoms with E-state index >= 15 is 0 Å². The Hall–Kier alpha value is -2.06. The van der Waals surface area contributed by atoms with Crippen molar-refractivity contribution in [3.05, 3.63) is 23.8 Å². The van der Waals surface area contributed by atoms with E-state index in [4.69, 9.17) is 4.74 Å². The Labute approximate surface area is 161 Å². The predicted molar refractivity (Wildman–Crippen MR) is 102 cm³/mol. The van der Waals surface area contributed by atoms with Crippen LogP contribution in [0.5, 0.6) is 0 Å². The zero-order chi connectivity index (χ0) is 19.5. The Morgan fingerprint density at radius 2 is 2.00 bits per heavy atom. The molecule has 0 saturated carbocycles. The summed E-state index contributed by atoms with van der Waals surface area (Å²) in [5.41, 5.74) is 1.09. The number of nitrogens with one attached hydrogen (secondary N) is 1. The van der Waals surface area contributed by atoms with Crippen molar-refractivity contribution in [2.45, 2.75) is 33.1 Å². The Kier molecular flexibility index (Phi) is 9.13. The summed E-state index contributed by atoms with van der Waals surface area (Å²) in [5, 5.41) is 2.85. The summed E-state index contributed by atoms with van der Waals surface area (Å²) in [4.78, 5) is 37.2. The van der Waals surface area contributed by atoms with Crippen molar-refractivity contribution in [3.8, 4) is 0 Å². The maximum atomic E-state index is 12.8. The monoisotopic (exact) mass is 377 g/mol. The van der Waals surface area contributed by atoms with E-state index in [2.05, 4.69) is 20.2 Å². The van der Waals surface area contributed by atoms with Gasteiger partial charge in [0.25, 0.3) is 5.91 Å². The first-order chi connectivity index (χ1) is 13.1. The number of morpholine rings is 1. The standard InChI is InChI=1S/C19H31N5O3/c1-3-6-20-18(25)5-9-24(8-4-7-23-10-12-27-13-11-23)19(26)17-15-21-16(2)14-22-17/h14-15H,3-13H2,1-2H3,(H,20,25). The number of rotatable bonds is 10. The van der Waals surface area contributed by atoms with Crippen LogP contribution < -0.4 is 5.32 Å². The molecular formula is C19H31N5O3. The zero-order valence-electron chi connectivity index (χ0n) is 16.4. The molecule has 8 heteroatoms. The molecule has 0 aliphatic carbocycles. The van der Waals surface area contributed by atoms with Crippen molar-refractivity contribution >= 4 is 11.8 Å². The Morgan fingerprint density at radius 1 is 1.22 bits per heavy atom. The molecule has 2 amide bonds. The minimum atomic E-state index is -0.173. The number of amides is 2. The van der Waals surface area contributed by atoms with Gasteiger partial charge in [0.15, 0.2) is 0 Å². The number of aromatic nitrogens is 2. The number of hydrogen-bond donors (Lipinski definition) is 1. The first kappa shape index (κ1) is 21.2. The number of ether oxygens (including phenoxy) is 1. The van der Waals surface area contributed by atoms with Crippen LogP contribution in [0.4, 0.5) is 0 Å². The van der Waals surface area contributed by atoms with Crippen LogP contribution in [0.2, 0.25) is 0 Å². The molecule has 0 atom stereocenters. The molecular weight excluding hydrogens is 346 g/mol. The summed E-state index contributed by atoms with van der Waals surface area (Å²) in [6, 6.07) is 0. The Bertz CT molecular complexity index is 588. The third-order valence-electron chi connectivity index (χ3n) is 4.47. The summed E-state index contributed by atoms with van der Waals surface area (Å²) in [6.45, 7) is 9.77. The van der Waals surface area contributed by atoms with Gasteiger partial charge < -0.3 is 15.0 Å². The quantitative estimate of drug-likeness (QED) is 0.651. The molecule has 1 aliphatic heterocycles. The molecule has 2 rings (SSSR count). The van der Waals surface area contributed by atoms with Crippen molar-refractivity contribution in [1.82, 2.24) is 25.1 Å². The second-order valence-electron chi connectivity index (χ2n) is 6.74. The molecule has 1 aromatic heterocycles. The largest absolute Gasteiger partial charge is 0.379 e. The fourth-order valence-electron chi connectivity index (χ4n) is 2.88. The van der Waals surface area contributed by atoms with Crippen molar-refractivity contribution in [3.63, 3.8) is 0 Å². The average molecular weight is 377 g/mol. The lowest BCUT2D eigenvalue weighted by Crippen LogP contribution is -2.40. The number of carbonyl (C=O) groups excluding carboxylic acids is 2. The van der Waals surface area contributed by atoms with Gasteiger partial charge >= 0.3 is 0 Å². The lowest BCUT2D eigenvalue weighted by atomic mass is 10.2. The molecule has 0 radical (unpaired) electrons. The minimum Gasteiger partial charge on any atom is -0.379 e. The van der Waals surface area contributed by atoms with Gasteiger partial charge in [-0.25, -0.2) is 4.98 Å². The van der Waals surface area contributed by atoms with Crippen molar-refractivity contribution in [2.75, 3.05) is 52.5 Å². The van der Waals surface area contributed by atoms with E-state index in [1.807, 2.05) is 13.8 Å². The van der Waals surface area contributed by atoms with Crippen LogP contribution in [0.15, 0.2) is 12.4 Å². The zero-order valence-corrected chi connectivity index (χ0v) is 16.4. The molecule has 0 aromatic carbocycles. The second kappa shape index (κ2) is 11.6. The number of nitrogens with zero attached hydrogens (tertiary/aromatic N) is 4. The Balaban J connectivity index is 1.90. The summed E-state index contributed by atoms with van der Waals surface area (Å²) < 4.78 is 5.36. The molecule has 1 aromatic rings. The van der Waals surface area contributed by atoms with Gasteiger partial charge in [-0.1, -0.05) is 6.92 Å². The first-order valence-corrected chi connectivity index (χ1v) is 9.75. The SMILES string of the molecule is CCCNC(=O)CCN(CCCN1CCOCC1)C(=O)c1cnc(C)cn1. The highest BCUT2D eigenvalue weighted by atomic mass is 16.5. The minimum absolute atomic E-state index is 0.0298. The highest BCUT2D eigenvalue weighted by Crippen LogP contribution is 2.06. The molecule has 2 heterocycles. The van der Waals surface area contributed by atoms with E-state index < -0.39 is 0 Å². The maximum Gasteiger partial charge on any atom is 0.274 e. The molecule has 8 nitrogen and oxygen atoms in total. The van der Waals surface area contributed by atoms with Gasteiger partial charge in [-0.3, -0.25) is 19.5 Å². The third kappa shape index (κ3) is 7.60.